The van der Waals surface area contributed by atoms with E-state index >= 15 is 0 Å². The molecule has 0 fully saturated rings. The third-order valence-electron chi connectivity index (χ3n) is 2.72. The van der Waals surface area contributed by atoms with Gasteiger partial charge in [0.1, 0.15) is 5.75 Å². The van der Waals surface area contributed by atoms with Crippen molar-refractivity contribution in [2.24, 2.45) is 0 Å². The summed E-state index contributed by atoms with van der Waals surface area (Å²) in [5.74, 6) is 0.923. The van der Waals surface area contributed by atoms with Crippen molar-refractivity contribution in [3.05, 3.63) is 29.8 Å². The summed E-state index contributed by atoms with van der Waals surface area (Å²) in [5.41, 5.74) is 1.25. The van der Waals surface area contributed by atoms with Gasteiger partial charge < -0.3 is 14.8 Å². The number of nitrogens with one attached hydrogen (secondary N) is 1. The molecule has 0 heterocycles. The molecule has 1 unspecified atom stereocenters. The average Bonchev–Trinajstić information content (AvgIpc) is 2.41. The minimum atomic E-state index is 0.264. The Labute approximate surface area is 110 Å². The van der Waals surface area contributed by atoms with E-state index in [2.05, 4.69) is 24.4 Å². The molecule has 0 bridgehead atoms. The van der Waals surface area contributed by atoms with Gasteiger partial charge in [0.05, 0.1) is 19.3 Å². The highest BCUT2D eigenvalue weighted by Crippen LogP contribution is 2.18. The van der Waals surface area contributed by atoms with E-state index in [0.717, 1.165) is 25.3 Å². The van der Waals surface area contributed by atoms with E-state index in [9.17, 15) is 0 Å². The first kappa shape index (κ1) is 15.0. The Morgan fingerprint density at radius 2 is 1.78 bits per heavy atom. The summed E-state index contributed by atoms with van der Waals surface area (Å²) in [6, 6.07) is 8.52. The Morgan fingerprint density at radius 3 is 2.33 bits per heavy atom. The van der Waals surface area contributed by atoms with Gasteiger partial charge in [0.2, 0.25) is 0 Å². The largest absolute Gasteiger partial charge is 0.494 e. The molecule has 18 heavy (non-hydrogen) atoms. The number of rotatable bonds is 9. The zero-order valence-corrected chi connectivity index (χ0v) is 11.7. The lowest BCUT2D eigenvalue weighted by Crippen LogP contribution is -2.26. The molecule has 0 spiro atoms. The van der Waals surface area contributed by atoms with E-state index in [1.54, 1.807) is 0 Å². The Balaban J connectivity index is 2.64. The highest BCUT2D eigenvalue weighted by atomic mass is 16.5. The van der Waals surface area contributed by atoms with Crippen LogP contribution >= 0.6 is 0 Å². The molecule has 0 aromatic heterocycles. The third kappa shape index (κ3) is 5.07. The lowest BCUT2D eigenvalue weighted by molar-refractivity contribution is 0.123. The Hall–Kier alpha value is -1.06. The molecular weight excluding hydrogens is 226 g/mol. The molecule has 0 aliphatic rings. The minimum absolute atomic E-state index is 0.264. The third-order valence-corrected chi connectivity index (χ3v) is 2.72. The molecule has 0 radical (unpaired) electrons. The molecule has 0 amide bonds. The van der Waals surface area contributed by atoms with Crippen molar-refractivity contribution in [1.82, 2.24) is 5.32 Å². The first-order valence-electron chi connectivity index (χ1n) is 6.85. The van der Waals surface area contributed by atoms with Crippen LogP contribution in [0.1, 0.15) is 38.8 Å². The van der Waals surface area contributed by atoms with Gasteiger partial charge in [0, 0.05) is 6.61 Å². The van der Waals surface area contributed by atoms with Crippen LogP contribution in [0.5, 0.6) is 5.75 Å². The lowest BCUT2D eigenvalue weighted by atomic mass is 10.1. The summed E-state index contributed by atoms with van der Waals surface area (Å²) in [6.45, 7) is 9.36. The summed E-state index contributed by atoms with van der Waals surface area (Å²) in [5, 5.41) is 3.51. The van der Waals surface area contributed by atoms with Gasteiger partial charge >= 0.3 is 0 Å². The molecule has 0 aliphatic carbocycles. The van der Waals surface area contributed by atoms with Crippen LogP contribution < -0.4 is 10.1 Å². The molecular formula is C15H25NO2. The topological polar surface area (TPSA) is 30.5 Å². The van der Waals surface area contributed by atoms with E-state index in [4.69, 9.17) is 9.47 Å². The van der Waals surface area contributed by atoms with Crippen LogP contribution in [-0.4, -0.2) is 26.4 Å². The van der Waals surface area contributed by atoms with Gasteiger partial charge in [-0.1, -0.05) is 19.1 Å². The second-order valence-electron chi connectivity index (χ2n) is 4.17. The zero-order chi connectivity index (χ0) is 13.2. The maximum atomic E-state index is 5.53. The Morgan fingerprint density at radius 1 is 1.06 bits per heavy atom. The predicted octanol–water partition coefficient (Wildman–Crippen LogP) is 3.16. The number of hydrogen-bond donors (Lipinski definition) is 1. The second-order valence-corrected chi connectivity index (χ2v) is 4.17. The standard InChI is InChI=1S/C15H25NO2/c1-4-11-16-15(12-17-5-2)13-7-9-14(10-8-13)18-6-3/h7-10,15-16H,4-6,11-12H2,1-3H3. The quantitative estimate of drug-likeness (QED) is 0.731. The van der Waals surface area contributed by atoms with Gasteiger partial charge in [-0.2, -0.15) is 0 Å². The fraction of sp³-hybridized carbons (Fsp3) is 0.600. The summed E-state index contributed by atoms with van der Waals surface area (Å²) >= 11 is 0. The first-order chi connectivity index (χ1) is 8.81. The molecule has 3 nitrogen and oxygen atoms in total. The van der Waals surface area contributed by atoms with E-state index in [0.29, 0.717) is 13.2 Å². The van der Waals surface area contributed by atoms with Gasteiger partial charge in [0.25, 0.3) is 0 Å². The van der Waals surface area contributed by atoms with Crippen molar-refractivity contribution in [3.8, 4) is 5.75 Å². The van der Waals surface area contributed by atoms with E-state index < -0.39 is 0 Å². The van der Waals surface area contributed by atoms with Crippen LogP contribution in [0.15, 0.2) is 24.3 Å². The fourth-order valence-electron chi connectivity index (χ4n) is 1.79. The smallest absolute Gasteiger partial charge is 0.119 e. The zero-order valence-electron chi connectivity index (χ0n) is 11.7. The SMILES string of the molecule is CCCNC(COCC)c1ccc(OCC)cc1. The van der Waals surface area contributed by atoms with Gasteiger partial charge in [-0.3, -0.25) is 0 Å². The van der Waals surface area contributed by atoms with E-state index in [1.165, 1.54) is 5.56 Å². The first-order valence-corrected chi connectivity index (χ1v) is 6.85. The predicted molar refractivity (Wildman–Crippen MR) is 75.1 cm³/mol. The molecule has 1 rings (SSSR count). The maximum Gasteiger partial charge on any atom is 0.119 e. The number of benzene rings is 1. The van der Waals surface area contributed by atoms with Crippen LogP contribution in [0, 0.1) is 0 Å². The molecule has 1 aromatic carbocycles. The van der Waals surface area contributed by atoms with E-state index in [1.807, 2.05) is 26.0 Å². The van der Waals surface area contributed by atoms with Crippen molar-refractivity contribution in [3.63, 3.8) is 0 Å². The van der Waals surface area contributed by atoms with E-state index in [-0.39, 0.29) is 6.04 Å². The maximum absolute atomic E-state index is 5.53. The number of hydrogen-bond acceptors (Lipinski definition) is 3. The molecule has 0 aliphatic heterocycles. The van der Waals surface area contributed by atoms with Crippen LogP contribution in [0.3, 0.4) is 0 Å². The molecule has 1 atom stereocenters. The molecule has 1 aromatic rings. The monoisotopic (exact) mass is 251 g/mol. The molecule has 3 heteroatoms. The van der Waals surface area contributed by atoms with Crippen molar-refractivity contribution >= 4 is 0 Å². The molecule has 1 N–H and O–H groups in total. The summed E-state index contributed by atoms with van der Waals surface area (Å²) in [6.07, 6.45) is 1.12. The highest BCUT2D eigenvalue weighted by molar-refractivity contribution is 5.29. The van der Waals surface area contributed by atoms with Crippen molar-refractivity contribution in [2.45, 2.75) is 33.2 Å². The Bertz CT molecular complexity index is 303. The van der Waals surface area contributed by atoms with Gasteiger partial charge in [0.15, 0.2) is 0 Å². The lowest BCUT2D eigenvalue weighted by Gasteiger charge is -2.19. The van der Waals surface area contributed by atoms with Crippen molar-refractivity contribution in [1.29, 1.82) is 0 Å². The number of ether oxygens (including phenoxy) is 2. The minimum Gasteiger partial charge on any atom is -0.494 e. The van der Waals surface area contributed by atoms with Crippen LogP contribution in [0.25, 0.3) is 0 Å². The molecule has 102 valence electrons. The Kier molecular flexibility index (Phi) is 7.46. The summed E-state index contributed by atoms with van der Waals surface area (Å²) in [4.78, 5) is 0. The van der Waals surface area contributed by atoms with Gasteiger partial charge in [-0.05, 0) is 44.5 Å². The summed E-state index contributed by atoms with van der Waals surface area (Å²) < 4.78 is 11.0. The van der Waals surface area contributed by atoms with Crippen molar-refractivity contribution in [2.75, 3.05) is 26.4 Å². The fourth-order valence-corrected chi connectivity index (χ4v) is 1.79. The molecule has 0 saturated heterocycles. The van der Waals surface area contributed by atoms with Crippen molar-refractivity contribution < 1.29 is 9.47 Å². The van der Waals surface area contributed by atoms with Crippen LogP contribution in [0.4, 0.5) is 0 Å². The average molecular weight is 251 g/mol. The van der Waals surface area contributed by atoms with Gasteiger partial charge in [-0.25, -0.2) is 0 Å². The highest BCUT2D eigenvalue weighted by Gasteiger charge is 2.10. The van der Waals surface area contributed by atoms with Gasteiger partial charge in [-0.15, -0.1) is 0 Å². The second kappa shape index (κ2) is 8.95. The van der Waals surface area contributed by atoms with Crippen LogP contribution in [0.2, 0.25) is 0 Å². The molecule has 0 saturated carbocycles. The summed E-state index contributed by atoms with van der Waals surface area (Å²) in [7, 11) is 0. The van der Waals surface area contributed by atoms with Crippen LogP contribution in [-0.2, 0) is 4.74 Å². The normalized spacial score (nSPS) is 12.4.